The first-order valence-electron chi connectivity index (χ1n) is 26.7. The van der Waals surface area contributed by atoms with Crippen molar-refractivity contribution in [1.82, 2.24) is 10.6 Å². The molecule has 1 aliphatic rings. The minimum Gasteiger partial charge on any atom is -0.378 e. The number of carbonyl (C=O) groups excluding carboxylic acids is 1. The Hall–Kier alpha value is -0.730. The summed E-state index contributed by atoms with van der Waals surface area (Å²) >= 11 is 0. The predicted octanol–water partition coefficient (Wildman–Crippen LogP) is 14.4. The van der Waals surface area contributed by atoms with Gasteiger partial charge in [-0.1, -0.05) is 183 Å². The van der Waals surface area contributed by atoms with E-state index in [1.807, 2.05) is 13.8 Å². The van der Waals surface area contributed by atoms with Gasteiger partial charge in [-0.2, -0.15) is 0 Å². The molecule has 0 aromatic carbocycles. The molecule has 1 aliphatic carbocycles. The molecule has 0 aliphatic heterocycles. The Bertz CT molecular complexity index is 984. The van der Waals surface area contributed by atoms with Crippen LogP contribution in [0.15, 0.2) is 0 Å². The van der Waals surface area contributed by atoms with Crippen molar-refractivity contribution in [2.45, 2.75) is 260 Å². The fourth-order valence-electron chi connectivity index (χ4n) is 8.27. The van der Waals surface area contributed by atoms with Crippen LogP contribution in [-0.4, -0.2) is 75.9 Å². The van der Waals surface area contributed by atoms with Crippen molar-refractivity contribution in [2.75, 3.05) is 52.7 Å². The Labute approximate surface area is 381 Å². The van der Waals surface area contributed by atoms with Gasteiger partial charge in [-0.3, -0.25) is 4.79 Å². The van der Waals surface area contributed by atoms with E-state index in [4.69, 9.17) is 18.9 Å². The largest absolute Gasteiger partial charge is 0.378 e. The summed E-state index contributed by atoms with van der Waals surface area (Å²) in [6.07, 6.45) is 34.7. The lowest BCUT2D eigenvalue weighted by Gasteiger charge is -2.30. The van der Waals surface area contributed by atoms with E-state index in [0.717, 1.165) is 56.0 Å². The van der Waals surface area contributed by atoms with E-state index in [1.165, 1.54) is 154 Å². The van der Waals surface area contributed by atoms with Gasteiger partial charge in [-0.25, -0.2) is 0 Å². The molecule has 4 atom stereocenters. The summed E-state index contributed by atoms with van der Waals surface area (Å²) in [7, 11) is 0. The second-order valence-electron chi connectivity index (χ2n) is 21.7. The van der Waals surface area contributed by atoms with Crippen LogP contribution < -0.4 is 10.6 Å². The van der Waals surface area contributed by atoms with E-state index in [-0.39, 0.29) is 11.5 Å². The van der Waals surface area contributed by atoms with Gasteiger partial charge in [0.2, 0.25) is 0 Å². The highest BCUT2D eigenvalue weighted by molar-refractivity contribution is 5.81. The molecule has 0 bridgehead atoms. The SMILES string of the molecule is CCCCCCCCCCCCCCCCOC[C@H](OCCC(C)CCCC(C)CCCC(C)CCCC(C)C)C(=O)NCC(C)(C)OCCC(C)(C)OCCNCC1CC1. The van der Waals surface area contributed by atoms with Crippen LogP contribution >= 0.6 is 0 Å². The Balaban J connectivity index is 2.41. The molecule has 1 fully saturated rings. The maximum absolute atomic E-state index is 13.6. The van der Waals surface area contributed by atoms with Crippen molar-refractivity contribution in [3.63, 3.8) is 0 Å². The number of hydrogen-bond acceptors (Lipinski definition) is 6. The Morgan fingerprint density at radius 1 is 0.574 bits per heavy atom. The molecule has 0 saturated heterocycles. The summed E-state index contributed by atoms with van der Waals surface area (Å²) in [5.74, 6) is 3.85. The first-order chi connectivity index (χ1) is 29.2. The van der Waals surface area contributed by atoms with Crippen molar-refractivity contribution in [3.05, 3.63) is 0 Å². The maximum atomic E-state index is 13.6. The summed E-state index contributed by atoms with van der Waals surface area (Å²) < 4.78 is 24.9. The molecule has 0 spiro atoms. The van der Waals surface area contributed by atoms with Crippen LogP contribution in [0.25, 0.3) is 0 Å². The highest BCUT2D eigenvalue weighted by Crippen LogP contribution is 2.27. The van der Waals surface area contributed by atoms with Gasteiger partial charge in [0.05, 0.1) is 31.0 Å². The molecule has 0 aromatic heterocycles. The molecule has 1 amide bonds. The normalized spacial score (nSPS) is 15.7. The van der Waals surface area contributed by atoms with Crippen molar-refractivity contribution in [1.29, 1.82) is 0 Å². The summed E-state index contributed by atoms with van der Waals surface area (Å²) in [5, 5.41) is 6.66. The summed E-state index contributed by atoms with van der Waals surface area (Å²) in [6, 6.07) is 0. The zero-order valence-corrected chi connectivity index (χ0v) is 42.8. The third kappa shape index (κ3) is 38.3. The van der Waals surface area contributed by atoms with E-state index in [1.54, 1.807) is 0 Å². The van der Waals surface area contributed by atoms with Crippen LogP contribution in [0.3, 0.4) is 0 Å². The van der Waals surface area contributed by atoms with Gasteiger partial charge < -0.3 is 29.6 Å². The van der Waals surface area contributed by atoms with Gasteiger partial charge in [0, 0.05) is 26.3 Å². The molecule has 0 heterocycles. The highest BCUT2D eigenvalue weighted by Gasteiger charge is 2.26. The number of carbonyl (C=O) groups is 1. The van der Waals surface area contributed by atoms with Gasteiger partial charge >= 0.3 is 0 Å². The topological polar surface area (TPSA) is 78.1 Å². The molecule has 0 aromatic rings. The fraction of sp³-hybridized carbons (Fsp3) is 0.981. The van der Waals surface area contributed by atoms with Gasteiger partial charge in [0.1, 0.15) is 0 Å². The molecule has 7 heteroatoms. The average Bonchev–Trinajstić information content (AvgIpc) is 4.03. The second-order valence-corrected chi connectivity index (χ2v) is 21.7. The van der Waals surface area contributed by atoms with Gasteiger partial charge in [-0.15, -0.1) is 0 Å². The zero-order valence-electron chi connectivity index (χ0n) is 42.8. The number of unbranched alkanes of at least 4 members (excludes halogenated alkanes) is 13. The third-order valence-electron chi connectivity index (χ3n) is 13.2. The van der Waals surface area contributed by atoms with Gasteiger partial charge in [-0.05, 0) is 95.9 Å². The van der Waals surface area contributed by atoms with Gasteiger partial charge in [0.25, 0.3) is 5.91 Å². The molecular weight excluding hydrogens is 757 g/mol. The molecular formula is C54H108N2O5. The number of rotatable bonds is 46. The Morgan fingerprint density at radius 3 is 1.59 bits per heavy atom. The third-order valence-corrected chi connectivity index (χ3v) is 13.2. The molecule has 61 heavy (non-hydrogen) atoms. The minimum atomic E-state index is -0.608. The summed E-state index contributed by atoms with van der Waals surface area (Å²) in [5.41, 5.74) is -0.765. The monoisotopic (exact) mass is 865 g/mol. The van der Waals surface area contributed by atoms with Crippen LogP contribution in [0.4, 0.5) is 0 Å². The predicted molar refractivity (Wildman–Crippen MR) is 263 cm³/mol. The van der Waals surface area contributed by atoms with E-state index in [2.05, 4.69) is 66.0 Å². The minimum absolute atomic E-state index is 0.101. The molecule has 3 unspecified atom stereocenters. The average molecular weight is 865 g/mol. The van der Waals surface area contributed by atoms with Crippen LogP contribution in [0.2, 0.25) is 0 Å². The maximum Gasteiger partial charge on any atom is 0.251 e. The lowest BCUT2D eigenvalue weighted by Crippen LogP contribution is -2.47. The van der Waals surface area contributed by atoms with E-state index >= 15 is 0 Å². The van der Waals surface area contributed by atoms with Crippen LogP contribution in [0.1, 0.15) is 243 Å². The van der Waals surface area contributed by atoms with E-state index < -0.39 is 11.7 Å². The van der Waals surface area contributed by atoms with E-state index in [9.17, 15) is 4.79 Å². The smallest absolute Gasteiger partial charge is 0.251 e. The molecule has 1 saturated carbocycles. The first-order valence-corrected chi connectivity index (χ1v) is 26.7. The standard InChI is InChI=1S/C54H108N2O5/c1-11-12-13-14-15-16-17-18-19-20-21-22-23-24-39-58-44-51(59-40-36-49(6)33-27-32-48(5)31-26-30-47(4)29-25-28-46(2)3)52(57)56-45-54(9,10)60-41-37-53(7,8)61-42-38-55-43-50-34-35-50/h46-51,55H,11-45H2,1-10H3,(H,56,57)/t47?,48?,49?,51-/m0/s1. The summed E-state index contributed by atoms with van der Waals surface area (Å²) in [4.78, 5) is 13.6. The van der Waals surface area contributed by atoms with E-state index in [0.29, 0.717) is 45.5 Å². The Kier molecular flexibility index (Phi) is 35.8. The number of hydrogen-bond donors (Lipinski definition) is 2. The zero-order chi connectivity index (χ0) is 45.0. The molecule has 2 N–H and O–H groups in total. The number of nitrogens with one attached hydrogen (secondary N) is 2. The fourth-order valence-corrected chi connectivity index (χ4v) is 8.27. The summed E-state index contributed by atoms with van der Waals surface area (Å²) in [6.45, 7) is 27.8. The lowest BCUT2D eigenvalue weighted by atomic mass is 9.91. The Morgan fingerprint density at radius 2 is 1.07 bits per heavy atom. The van der Waals surface area contributed by atoms with Crippen LogP contribution in [0.5, 0.6) is 0 Å². The van der Waals surface area contributed by atoms with Gasteiger partial charge in [0.15, 0.2) is 6.10 Å². The molecule has 364 valence electrons. The quantitative estimate of drug-likeness (QED) is 0.0594. The lowest BCUT2D eigenvalue weighted by molar-refractivity contribution is -0.139. The number of ether oxygens (including phenoxy) is 4. The van der Waals surface area contributed by atoms with Crippen molar-refractivity contribution >= 4 is 5.91 Å². The van der Waals surface area contributed by atoms with Crippen LogP contribution in [-0.2, 0) is 23.7 Å². The van der Waals surface area contributed by atoms with Crippen molar-refractivity contribution in [2.24, 2.45) is 29.6 Å². The first kappa shape index (κ1) is 58.3. The second kappa shape index (κ2) is 37.5. The molecule has 1 rings (SSSR count). The van der Waals surface area contributed by atoms with Crippen molar-refractivity contribution in [3.8, 4) is 0 Å². The number of amides is 1. The van der Waals surface area contributed by atoms with Crippen LogP contribution in [0, 0.1) is 29.6 Å². The molecule has 0 radical (unpaired) electrons. The molecule has 7 nitrogen and oxygen atoms in total. The van der Waals surface area contributed by atoms with Crippen molar-refractivity contribution < 1.29 is 23.7 Å². The highest BCUT2D eigenvalue weighted by atomic mass is 16.5.